The van der Waals surface area contributed by atoms with Gasteiger partial charge in [0, 0.05) is 32.4 Å². The van der Waals surface area contributed by atoms with Crippen molar-refractivity contribution < 1.29 is 13.2 Å². The van der Waals surface area contributed by atoms with E-state index in [-0.39, 0.29) is 12.6 Å². The Morgan fingerprint density at radius 3 is 2.50 bits per heavy atom. The molecular formula is C21H21F3N8. The number of halogens is 3. The molecule has 3 heterocycles. The third kappa shape index (κ3) is 4.78. The van der Waals surface area contributed by atoms with Gasteiger partial charge in [0.15, 0.2) is 5.65 Å². The highest BCUT2D eigenvalue weighted by molar-refractivity contribution is 5.87. The first-order valence-electron chi connectivity index (χ1n) is 9.81. The molecule has 0 aliphatic rings. The van der Waals surface area contributed by atoms with Gasteiger partial charge >= 0.3 is 6.18 Å². The fourth-order valence-electron chi connectivity index (χ4n) is 3.14. The molecule has 4 rings (SSSR count). The Kier molecular flexibility index (Phi) is 5.91. The lowest BCUT2D eigenvalue weighted by Crippen LogP contribution is -2.21. The van der Waals surface area contributed by atoms with Crippen molar-refractivity contribution in [2.75, 3.05) is 17.2 Å². The van der Waals surface area contributed by atoms with Crippen molar-refractivity contribution in [2.45, 2.75) is 18.8 Å². The summed E-state index contributed by atoms with van der Waals surface area (Å²) in [6, 6.07) is 11.7. The zero-order chi connectivity index (χ0) is 22.7. The molecule has 4 N–H and O–H groups in total. The molecule has 0 saturated heterocycles. The van der Waals surface area contributed by atoms with Crippen LogP contribution in [0.25, 0.3) is 11.0 Å². The SMILES string of the molecule is Cn1ncc2c(NCc3ccc(C(F)(F)F)nc3)nc(NCC(N)c3ccccc3)nc21. The van der Waals surface area contributed by atoms with Crippen LogP contribution in [0.3, 0.4) is 0 Å². The minimum atomic E-state index is -4.47. The molecule has 1 aromatic carbocycles. The van der Waals surface area contributed by atoms with Crippen LogP contribution in [0.5, 0.6) is 0 Å². The second kappa shape index (κ2) is 8.79. The van der Waals surface area contributed by atoms with Crippen LogP contribution in [0.1, 0.15) is 22.9 Å². The molecule has 8 nitrogen and oxygen atoms in total. The highest BCUT2D eigenvalue weighted by Gasteiger charge is 2.32. The van der Waals surface area contributed by atoms with Crippen LogP contribution in [0.4, 0.5) is 24.9 Å². The summed E-state index contributed by atoms with van der Waals surface area (Å²) in [6.07, 6.45) is -1.65. The highest BCUT2D eigenvalue weighted by atomic mass is 19.4. The molecule has 11 heteroatoms. The Hall–Kier alpha value is -3.73. The summed E-state index contributed by atoms with van der Waals surface area (Å²) >= 11 is 0. The lowest BCUT2D eigenvalue weighted by atomic mass is 10.1. The molecule has 166 valence electrons. The second-order valence-corrected chi connectivity index (χ2v) is 7.20. The van der Waals surface area contributed by atoms with Crippen LogP contribution in [-0.4, -0.2) is 31.3 Å². The Morgan fingerprint density at radius 1 is 1.03 bits per heavy atom. The minimum absolute atomic E-state index is 0.231. The normalized spacial score (nSPS) is 12.7. The van der Waals surface area contributed by atoms with Gasteiger partial charge in [-0.15, -0.1) is 0 Å². The van der Waals surface area contributed by atoms with Crippen molar-refractivity contribution in [1.82, 2.24) is 24.7 Å². The number of hydrogen-bond acceptors (Lipinski definition) is 7. The summed E-state index contributed by atoms with van der Waals surface area (Å²) in [4.78, 5) is 12.5. The van der Waals surface area contributed by atoms with E-state index >= 15 is 0 Å². The number of aromatic nitrogens is 5. The molecule has 1 unspecified atom stereocenters. The smallest absolute Gasteiger partial charge is 0.365 e. The van der Waals surface area contributed by atoms with Gasteiger partial charge in [-0.2, -0.15) is 28.2 Å². The van der Waals surface area contributed by atoms with E-state index in [9.17, 15) is 13.2 Å². The molecule has 0 aliphatic carbocycles. The number of pyridine rings is 1. The van der Waals surface area contributed by atoms with Crippen molar-refractivity contribution in [3.05, 3.63) is 71.7 Å². The van der Waals surface area contributed by atoms with Crippen LogP contribution in [0.15, 0.2) is 54.9 Å². The van der Waals surface area contributed by atoms with Crippen LogP contribution in [-0.2, 0) is 19.8 Å². The van der Waals surface area contributed by atoms with Crippen molar-refractivity contribution in [2.24, 2.45) is 12.8 Å². The van der Waals surface area contributed by atoms with Crippen LogP contribution in [0.2, 0.25) is 0 Å². The lowest BCUT2D eigenvalue weighted by molar-refractivity contribution is -0.141. The van der Waals surface area contributed by atoms with Gasteiger partial charge in [-0.3, -0.25) is 9.67 Å². The molecule has 4 aromatic rings. The number of nitrogens with zero attached hydrogens (tertiary/aromatic N) is 5. The van der Waals surface area contributed by atoms with Gasteiger partial charge in [0.2, 0.25) is 5.95 Å². The number of anilines is 2. The molecule has 32 heavy (non-hydrogen) atoms. The average Bonchev–Trinajstić information content (AvgIpc) is 3.17. The first-order valence-corrected chi connectivity index (χ1v) is 9.81. The lowest BCUT2D eigenvalue weighted by Gasteiger charge is -2.14. The molecule has 1 atom stereocenters. The molecule has 0 aliphatic heterocycles. The maximum Gasteiger partial charge on any atom is 0.433 e. The topological polar surface area (TPSA) is 107 Å². The average molecular weight is 442 g/mol. The van der Waals surface area contributed by atoms with Gasteiger partial charge < -0.3 is 16.4 Å². The van der Waals surface area contributed by atoms with Crippen molar-refractivity contribution in [3.8, 4) is 0 Å². The molecular weight excluding hydrogens is 421 g/mol. The van der Waals surface area contributed by atoms with Gasteiger partial charge in [0.05, 0.1) is 11.6 Å². The summed E-state index contributed by atoms with van der Waals surface area (Å²) in [5.41, 5.74) is 7.47. The fourth-order valence-corrected chi connectivity index (χ4v) is 3.14. The fraction of sp³-hybridized carbons (Fsp3) is 0.238. The van der Waals surface area contributed by atoms with E-state index in [1.807, 2.05) is 30.3 Å². The number of aryl methyl sites for hydroxylation is 1. The number of nitrogens with two attached hydrogens (primary N) is 1. The van der Waals surface area contributed by atoms with E-state index in [0.717, 1.165) is 11.6 Å². The predicted octanol–water partition coefficient (Wildman–Crippen LogP) is 3.50. The third-order valence-corrected chi connectivity index (χ3v) is 4.88. The molecule has 0 saturated carbocycles. The largest absolute Gasteiger partial charge is 0.433 e. The van der Waals surface area contributed by atoms with Gasteiger partial charge in [0.1, 0.15) is 11.5 Å². The summed E-state index contributed by atoms with van der Waals surface area (Å²) in [7, 11) is 1.76. The van der Waals surface area contributed by atoms with E-state index in [4.69, 9.17) is 5.73 Å². The van der Waals surface area contributed by atoms with Crippen molar-refractivity contribution >= 4 is 22.8 Å². The Labute approximate surface area is 181 Å². The van der Waals surface area contributed by atoms with Crippen LogP contribution >= 0.6 is 0 Å². The summed E-state index contributed by atoms with van der Waals surface area (Å²) in [5.74, 6) is 0.860. The predicted molar refractivity (Wildman–Crippen MR) is 115 cm³/mol. The standard InChI is InChI=1S/C21H21F3N8/c1-32-19-15(11-29-32)18(27-10-13-7-8-17(26-9-13)21(22,23)24)30-20(31-19)28-12-16(25)14-5-3-2-4-6-14/h2-9,11,16H,10,12,25H2,1H3,(H2,27,28,30,31). The van der Waals surface area contributed by atoms with Crippen molar-refractivity contribution in [1.29, 1.82) is 0 Å². The summed E-state index contributed by atoms with van der Waals surface area (Å²) < 4.78 is 39.7. The molecule has 3 aromatic heterocycles. The van der Waals surface area contributed by atoms with Gasteiger partial charge in [-0.1, -0.05) is 36.4 Å². The maximum absolute atomic E-state index is 12.7. The quantitative estimate of drug-likeness (QED) is 0.402. The molecule has 0 radical (unpaired) electrons. The number of hydrogen-bond donors (Lipinski definition) is 3. The summed E-state index contributed by atoms with van der Waals surface area (Å²) in [6.45, 7) is 0.644. The molecule has 0 spiro atoms. The van der Waals surface area contributed by atoms with E-state index in [0.29, 0.717) is 34.9 Å². The Bertz CT molecular complexity index is 1190. The van der Waals surface area contributed by atoms with Gasteiger partial charge in [-0.05, 0) is 17.2 Å². The zero-order valence-electron chi connectivity index (χ0n) is 17.1. The first-order chi connectivity index (χ1) is 15.3. The molecule has 0 amide bonds. The monoisotopic (exact) mass is 442 g/mol. The Balaban J connectivity index is 1.51. The minimum Gasteiger partial charge on any atom is -0.365 e. The number of rotatable bonds is 7. The van der Waals surface area contributed by atoms with Gasteiger partial charge in [-0.25, -0.2) is 0 Å². The van der Waals surface area contributed by atoms with E-state index in [1.165, 1.54) is 12.3 Å². The number of alkyl halides is 3. The van der Waals surface area contributed by atoms with E-state index in [2.05, 4.69) is 30.7 Å². The molecule has 0 fully saturated rings. The summed E-state index contributed by atoms with van der Waals surface area (Å²) in [5, 5.41) is 11.2. The number of fused-ring (bicyclic) bond motifs is 1. The first kappa shape index (κ1) is 21.5. The van der Waals surface area contributed by atoms with Crippen molar-refractivity contribution in [3.63, 3.8) is 0 Å². The third-order valence-electron chi connectivity index (χ3n) is 4.88. The van der Waals surface area contributed by atoms with E-state index in [1.54, 1.807) is 17.9 Å². The van der Waals surface area contributed by atoms with Crippen LogP contribution < -0.4 is 16.4 Å². The number of benzene rings is 1. The second-order valence-electron chi connectivity index (χ2n) is 7.20. The molecule has 0 bridgehead atoms. The highest BCUT2D eigenvalue weighted by Crippen LogP contribution is 2.27. The number of nitrogens with one attached hydrogen (secondary N) is 2. The van der Waals surface area contributed by atoms with Crippen LogP contribution in [0, 0.1) is 0 Å². The Morgan fingerprint density at radius 2 is 1.81 bits per heavy atom. The zero-order valence-corrected chi connectivity index (χ0v) is 17.1. The maximum atomic E-state index is 12.7. The van der Waals surface area contributed by atoms with Gasteiger partial charge in [0.25, 0.3) is 0 Å². The van der Waals surface area contributed by atoms with E-state index < -0.39 is 11.9 Å².